The smallest absolute Gasteiger partial charge is 0.305 e. The number of carboxylic acids is 1. The number of imide groups is 1. The highest BCUT2D eigenvalue weighted by atomic mass is 16.4. The molecule has 1 N–H and O–H groups in total. The fourth-order valence-corrected chi connectivity index (χ4v) is 2.74. The van der Waals surface area contributed by atoms with Gasteiger partial charge >= 0.3 is 5.97 Å². The average Bonchev–Trinajstić information content (AvgIpc) is 2.36. The number of carbonyl (C=O) groups is 3. The van der Waals surface area contributed by atoms with Gasteiger partial charge in [0, 0.05) is 12.8 Å². The fourth-order valence-electron chi connectivity index (χ4n) is 2.74. The van der Waals surface area contributed by atoms with E-state index in [-0.39, 0.29) is 36.5 Å². The Morgan fingerprint density at radius 1 is 1.19 bits per heavy atom. The number of amides is 2. The van der Waals surface area contributed by atoms with E-state index in [2.05, 4.69) is 0 Å². The number of hydrogen-bond acceptors (Lipinski definition) is 3. The average molecular weight is 289 g/mol. The first kappa shape index (κ1) is 15.2. The van der Waals surface area contributed by atoms with Gasteiger partial charge in [-0.1, -0.05) is 44.2 Å². The van der Waals surface area contributed by atoms with Crippen molar-refractivity contribution in [2.24, 2.45) is 5.41 Å². The van der Waals surface area contributed by atoms with Crippen LogP contribution in [0.25, 0.3) is 0 Å². The Morgan fingerprint density at radius 2 is 1.71 bits per heavy atom. The summed E-state index contributed by atoms with van der Waals surface area (Å²) in [6.45, 7) is 3.74. The Labute approximate surface area is 123 Å². The van der Waals surface area contributed by atoms with Crippen LogP contribution in [-0.2, 0) is 14.4 Å². The second-order valence-corrected chi connectivity index (χ2v) is 6.20. The van der Waals surface area contributed by atoms with Crippen LogP contribution in [0.5, 0.6) is 0 Å². The molecule has 1 aliphatic heterocycles. The number of nitrogens with zero attached hydrogens (tertiary/aromatic N) is 1. The zero-order valence-electron chi connectivity index (χ0n) is 12.2. The maximum absolute atomic E-state index is 12.3. The maximum Gasteiger partial charge on any atom is 0.305 e. The standard InChI is InChI=1S/C16H19NO4/c1-16(2)9-13(18)17(14(19)10-16)12(8-15(20)21)11-6-4-3-5-7-11/h3-7,12H,8-10H2,1-2H3,(H,20,21). The van der Waals surface area contributed by atoms with E-state index < -0.39 is 12.0 Å². The van der Waals surface area contributed by atoms with E-state index >= 15 is 0 Å². The third-order valence-corrected chi connectivity index (χ3v) is 3.66. The molecule has 5 heteroatoms. The van der Waals surface area contributed by atoms with Crippen molar-refractivity contribution >= 4 is 17.8 Å². The van der Waals surface area contributed by atoms with Crippen LogP contribution in [0.3, 0.4) is 0 Å². The number of piperidine rings is 1. The Morgan fingerprint density at radius 3 is 2.19 bits per heavy atom. The summed E-state index contributed by atoms with van der Waals surface area (Å²) >= 11 is 0. The second kappa shape index (κ2) is 5.68. The van der Waals surface area contributed by atoms with Gasteiger partial charge in [-0.15, -0.1) is 0 Å². The Kier molecular flexibility index (Phi) is 4.11. The van der Waals surface area contributed by atoms with E-state index in [0.717, 1.165) is 4.90 Å². The molecule has 1 atom stereocenters. The van der Waals surface area contributed by atoms with Crippen LogP contribution in [0, 0.1) is 5.41 Å². The normalized spacial score (nSPS) is 19.4. The van der Waals surface area contributed by atoms with Crippen molar-refractivity contribution in [2.45, 2.75) is 39.2 Å². The van der Waals surface area contributed by atoms with Gasteiger partial charge in [0.15, 0.2) is 0 Å². The third-order valence-electron chi connectivity index (χ3n) is 3.66. The summed E-state index contributed by atoms with van der Waals surface area (Å²) in [5.74, 6) is -1.63. The minimum absolute atomic E-state index is 0.252. The van der Waals surface area contributed by atoms with Crippen LogP contribution in [0.15, 0.2) is 30.3 Å². The molecule has 5 nitrogen and oxygen atoms in total. The third kappa shape index (κ3) is 3.48. The van der Waals surface area contributed by atoms with Gasteiger partial charge in [0.25, 0.3) is 0 Å². The Balaban J connectivity index is 2.35. The number of aliphatic carboxylic acids is 1. The monoisotopic (exact) mass is 289 g/mol. The van der Waals surface area contributed by atoms with Crippen LogP contribution < -0.4 is 0 Å². The quantitative estimate of drug-likeness (QED) is 0.863. The van der Waals surface area contributed by atoms with Crippen LogP contribution in [0.4, 0.5) is 0 Å². The second-order valence-electron chi connectivity index (χ2n) is 6.20. The summed E-state index contributed by atoms with van der Waals surface area (Å²) in [7, 11) is 0. The number of rotatable bonds is 4. The van der Waals surface area contributed by atoms with Gasteiger partial charge in [-0.25, -0.2) is 0 Å². The van der Waals surface area contributed by atoms with Gasteiger partial charge in [0.05, 0.1) is 12.5 Å². The lowest BCUT2D eigenvalue weighted by Gasteiger charge is -2.38. The molecular formula is C16H19NO4. The SMILES string of the molecule is CC1(C)CC(=O)N(C(CC(=O)O)c2ccccc2)C(=O)C1. The molecule has 21 heavy (non-hydrogen) atoms. The molecule has 1 aliphatic rings. The van der Waals surface area contributed by atoms with E-state index in [1.54, 1.807) is 24.3 Å². The van der Waals surface area contributed by atoms with Crippen molar-refractivity contribution in [2.75, 3.05) is 0 Å². The van der Waals surface area contributed by atoms with Gasteiger partial charge < -0.3 is 5.11 Å². The van der Waals surface area contributed by atoms with Gasteiger partial charge in [-0.3, -0.25) is 19.3 Å². The number of carboxylic acid groups (broad SMARTS) is 1. The number of benzene rings is 1. The minimum atomic E-state index is -1.03. The zero-order valence-corrected chi connectivity index (χ0v) is 12.2. The van der Waals surface area contributed by atoms with Crippen molar-refractivity contribution in [3.63, 3.8) is 0 Å². The molecule has 0 aliphatic carbocycles. The van der Waals surface area contributed by atoms with Crippen molar-refractivity contribution in [1.29, 1.82) is 0 Å². The number of hydrogen-bond donors (Lipinski definition) is 1. The first-order chi connectivity index (χ1) is 9.80. The molecule has 1 aromatic carbocycles. The predicted octanol–water partition coefficient (Wildman–Crippen LogP) is 2.38. The first-order valence-corrected chi connectivity index (χ1v) is 6.92. The zero-order chi connectivity index (χ0) is 15.6. The van der Waals surface area contributed by atoms with Crippen molar-refractivity contribution in [3.05, 3.63) is 35.9 Å². The van der Waals surface area contributed by atoms with E-state index in [1.807, 2.05) is 19.9 Å². The fraction of sp³-hybridized carbons (Fsp3) is 0.438. The lowest BCUT2D eigenvalue weighted by Crippen LogP contribution is -2.48. The van der Waals surface area contributed by atoms with Crippen LogP contribution in [0.1, 0.15) is 44.7 Å². The van der Waals surface area contributed by atoms with Crippen LogP contribution >= 0.6 is 0 Å². The summed E-state index contributed by atoms with van der Waals surface area (Å²) in [6.07, 6.45) is 0.227. The van der Waals surface area contributed by atoms with Crippen LogP contribution in [0.2, 0.25) is 0 Å². The molecule has 1 heterocycles. The highest BCUT2D eigenvalue weighted by molar-refractivity contribution is 5.99. The summed E-state index contributed by atoms with van der Waals surface area (Å²) in [5, 5.41) is 9.10. The lowest BCUT2D eigenvalue weighted by molar-refractivity contribution is -0.156. The summed E-state index contributed by atoms with van der Waals surface area (Å²) in [6, 6.07) is 8.10. The maximum atomic E-state index is 12.3. The summed E-state index contributed by atoms with van der Waals surface area (Å²) in [4.78, 5) is 36.9. The molecular weight excluding hydrogens is 270 g/mol. The molecule has 1 unspecified atom stereocenters. The van der Waals surface area contributed by atoms with E-state index in [4.69, 9.17) is 5.11 Å². The number of carbonyl (C=O) groups excluding carboxylic acids is 2. The van der Waals surface area contributed by atoms with Crippen LogP contribution in [-0.4, -0.2) is 27.8 Å². The van der Waals surface area contributed by atoms with Gasteiger partial charge in [-0.05, 0) is 11.0 Å². The molecule has 1 aromatic rings. The largest absolute Gasteiger partial charge is 0.481 e. The predicted molar refractivity (Wildman–Crippen MR) is 76.3 cm³/mol. The van der Waals surface area contributed by atoms with Gasteiger partial charge in [-0.2, -0.15) is 0 Å². The molecule has 1 fully saturated rings. The summed E-state index contributed by atoms with van der Waals surface area (Å²) < 4.78 is 0. The van der Waals surface area contributed by atoms with E-state index in [1.165, 1.54) is 0 Å². The summed E-state index contributed by atoms with van der Waals surface area (Å²) in [5.41, 5.74) is 0.302. The molecule has 1 saturated heterocycles. The highest BCUT2D eigenvalue weighted by Gasteiger charge is 2.41. The Bertz CT molecular complexity index is 545. The number of likely N-dealkylation sites (tertiary alicyclic amines) is 1. The Hall–Kier alpha value is -2.17. The molecule has 2 rings (SSSR count). The van der Waals surface area contributed by atoms with Gasteiger partial charge in [0.1, 0.15) is 0 Å². The van der Waals surface area contributed by atoms with Crippen molar-refractivity contribution < 1.29 is 19.5 Å². The minimum Gasteiger partial charge on any atom is -0.481 e. The molecule has 0 radical (unpaired) electrons. The molecule has 0 bridgehead atoms. The molecule has 0 spiro atoms. The topological polar surface area (TPSA) is 74.7 Å². The van der Waals surface area contributed by atoms with Gasteiger partial charge in [0.2, 0.25) is 11.8 Å². The lowest BCUT2D eigenvalue weighted by atomic mass is 9.80. The van der Waals surface area contributed by atoms with E-state index in [9.17, 15) is 14.4 Å². The molecule has 112 valence electrons. The van der Waals surface area contributed by atoms with E-state index in [0.29, 0.717) is 5.56 Å². The highest BCUT2D eigenvalue weighted by Crippen LogP contribution is 2.36. The molecule has 0 saturated carbocycles. The molecule has 2 amide bonds. The molecule has 0 aromatic heterocycles. The van der Waals surface area contributed by atoms with Crippen molar-refractivity contribution in [3.8, 4) is 0 Å². The van der Waals surface area contributed by atoms with Crippen molar-refractivity contribution in [1.82, 2.24) is 4.90 Å². The first-order valence-electron chi connectivity index (χ1n) is 6.92.